The highest BCUT2D eigenvalue weighted by Crippen LogP contribution is 2.32. The van der Waals surface area contributed by atoms with Crippen molar-refractivity contribution in [2.45, 2.75) is 32.1 Å². The van der Waals surface area contributed by atoms with Crippen LogP contribution >= 0.6 is 0 Å². The van der Waals surface area contributed by atoms with Gasteiger partial charge in [-0.3, -0.25) is 4.79 Å². The quantitative estimate of drug-likeness (QED) is 0.660. The lowest BCUT2D eigenvalue weighted by atomic mass is 10.0. The number of carbonyl (C=O) groups is 1. The largest absolute Gasteiger partial charge is 0.497 e. The Kier molecular flexibility index (Phi) is 4.86. The predicted molar refractivity (Wildman–Crippen MR) is 107 cm³/mol. The number of rotatable bonds is 5. The second-order valence-corrected chi connectivity index (χ2v) is 7.34. The molecular weight excluding hydrogens is 354 g/mol. The number of anilines is 1. The number of nitrogens with zero attached hydrogens (tertiary/aromatic N) is 3. The van der Waals surface area contributed by atoms with Gasteiger partial charge in [0.2, 0.25) is 17.6 Å². The van der Waals surface area contributed by atoms with Crippen molar-refractivity contribution >= 4 is 11.6 Å². The van der Waals surface area contributed by atoms with Gasteiger partial charge < -0.3 is 14.2 Å². The monoisotopic (exact) mass is 377 g/mol. The van der Waals surface area contributed by atoms with Gasteiger partial charge >= 0.3 is 0 Å². The lowest BCUT2D eigenvalue weighted by Gasteiger charge is -2.17. The third-order valence-electron chi connectivity index (χ3n) is 5.14. The Balaban J connectivity index is 1.50. The molecule has 1 atom stereocenters. The van der Waals surface area contributed by atoms with E-state index in [9.17, 15) is 4.79 Å². The first kappa shape index (κ1) is 18.2. The van der Waals surface area contributed by atoms with Crippen LogP contribution in [0.1, 0.15) is 43.6 Å². The molecule has 0 radical (unpaired) electrons. The van der Waals surface area contributed by atoms with Crippen LogP contribution in [0.3, 0.4) is 0 Å². The third kappa shape index (κ3) is 3.50. The second kappa shape index (κ2) is 7.46. The molecule has 1 aromatic heterocycles. The molecule has 1 amide bonds. The lowest BCUT2D eigenvalue weighted by molar-refractivity contribution is -0.117. The van der Waals surface area contributed by atoms with E-state index < -0.39 is 0 Å². The molecule has 0 aliphatic carbocycles. The van der Waals surface area contributed by atoms with Gasteiger partial charge in [0, 0.05) is 24.2 Å². The molecule has 0 saturated carbocycles. The van der Waals surface area contributed by atoms with Crippen LogP contribution in [-0.4, -0.2) is 29.7 Å². The summed E-state index contributed by atoms with van der Waals surface area (Å²) in [6.45, 7) is 4.86. The van der Waals surface area contributed by atoms with E-state index in [1.54, 1.807) is 12.0 Å². The Hall–Kier alpha value is -3.15. The van der Waals surface area contributed by atoms with Crippen molar-refractivity contribution in [2.24, 2.45) is 0 Å². The Bertz CT molecular complexity index is 961. The minimum atomic E-state index is -0.100. The molecule has 0 unspecified atom stereocenters. The Morgan fingerprint density at radius 3 is 2.46 bits per heavy atom. The van der Waals surface area contributed by atoms with Crippen molar-refractivity contribution in [3.8, 4) is 17.1 Å². The van der Waals surface area contributed by atoms with Crippen molar-refractivity contribution in [3.63, 3.8) is 0 Å². The molecule has 2 aromatic carbocycles. The molecule has 1 aliphatic heterocycles. The van der Waals surface area contributed by atoms with Gasteiger partial charge in [-0.2, -0.15) is 4.98 Å². The summed E-state index contributed by atoms with van der Waals surface area (Å²) in [6, 6.07) is 15.6. The normalized spacial score (nSPS) is 16.8. The van der Waals surface area contributed by atoms with Crippen molar-refractivity contribution in [1.82, 2.24) is 10.1 Å². The van der Waals surface area contributed by atoms with Crippen LogP contribution in [0.25, 0.3) is 11.4 Å². The molecule has 28 heavy (non-hydrogen) atoms. The fourth-order valence-electron chi connectivity index (χ4n) is 3.42. The van der Waals surface area contributed by atoms with Crippen LogP contribution in [0, 0.1) is 0 Å². The number of hydrogen-bond donors (Lipinski definition) is 0. The van der Waals surface area contributed by atoms with Crippen LogP contribution in [0.5, 0.6) is 5.75 Å². The summed E-state index contributed by atoms with van der Waals surface area (Å²) in [5.41, 5.74) is 3.01. The summed E-state index contributed by atoms with van der Waals surface area (Å²) in [4.78, 5) is 18.9. The second-order valence-electron chi connectivity index (χ2n) is 7.34. The number of aromatic nitrogens is 2. The minimum Gasteiger partial charge on any atom is -0.497 e. The molecule has 1 fully saturated rings. The van der Waals surface area contributed by atoms with Gasteiger partial charge in [0.05, 0.1) is 13.0 Å². The highest BCUT2D eigenvalue weighted by Gasteiger charge is 2.35. The standard InChI is InChI=1S/C22H23N3O3/c1-14(2)15-4-8-18(9-5-15)25-13-17(12-20(25)26)22-23-21(24-28-22)16-6-10-19(27-3)11-7-16/h4-11,14,17H,12-13H2,1-3H3/t17-/m0/s1. The number of benzene rings is 2. The maximum Gasteiger partial charge on any atom is 0.232 e. The van der Waals surface area contributed by atoms with E-state index in [0.717, 1.165) is 17.0 Å². The first-order chi connectivity index (χ1) is 13.5. The van der Waals surface area contributed by atoms with Crippen molar-refractivity contribution in [2.75, 3.05) is 18.6 Å². The van der Waals surface area contributed by atoms with Gasteiger partial charge in [0.15, 0.2) is 0 Å². The summed E-state index contributed by atoms with van der Waals surface area (Å²) >= 11 is 0. The van der Waals surface area contributed by atoms with Crippen LogP contribution in [0.4, 0.5) is 5.69 Å². The molecule has 0 spiro atoms. The number of carbonyl (C=O) groups excluding carboxylic acids is 1. The highest BCUT2D eigenvalue weighted by molar-refractivity contribution is 5.96. The van der Waals surface area contributed by atoms with Gasteiger partial charge in [-0.25, -0.2) is 0 Å². The number of hydrogen-bond acceptors (Lipinski definition) is 5. The zero-order valence-electron chi connectivity index (χ0n) is 16.3. The van der Waals surface area contributed by atoms with Crippen LogP contribution in [-0.2, 0) is 4.79 Å². The van der Waals surface area contributed by atoms with E-state index in [2.05, 4.69) is 36.1 Å². The molecule has 3 aromatic rings. The Morgan fingerprint density at radius 2 is 1.82 bits per heavy atom. The van der Waals surface area contributed by atoms with Crippen molar-refractivity contribution in [1.29, 1.82) is 0 Å². The summed E-state index contributed by atoms with van der Waals surface area (Å²) in [5.74, 6) is 2.23. The fraction of sp³-hybridized carbons (Fsp3) is 0.318. The lowest BCUT2D eigenvalue weighted by Crippen LogP contribution is -2.24. The molecule has 1 aliphatic rings. The first-order valence-electron chi connectivity index (χ1n) is 9.43. The van der Waals surface area contributed by atoms with E-state index in [4.69, 9.17) is 9.26 Å². The molecule has 144 valence electrons. The smallest absolute Gasteiger partial charge is 0.232 e. The van der Waals surface area contributed by atoms with Gasteiger partial charge in [0.1, 0.15) is 5.75 Å². The molecule has 0 N–H and O–H groups in total. The molecule has 0 bridgehead atoms. The van der Waals surface area contributed by atoms with E-state index in [0.29, 0.717) is 30.6 Å². The number of amides is 1. The van der Waals surface area contributed by atoms with Crippen molar-refractivity contribution < 1.29 is 14.1 Å². The van der Waals surface area contributed by atoms with E-state index >= 15 is 0 Å². The van der Waals surface area contributed by atoms with Gasteiger partial charge in [-0.1, -0.05) is 31.1 Å². The van der Waals surface area contributed by atoms with Gasteiger partial charge in [0.25, 0.3) is 0 Å². The average Bonchev–Trinajstić information content (AvgIpc) is 3.35. The predicted octanol–water partition coefficient (Wildman–Crippen LogP) is 4.39. The maximum atomic E-state index is 12.5. The zero-order valence-corrected chi connectivity index (χ0v) is 16.3. The Labute approximate surface area is 164 Å². The van der Waals surface area contributed by atoms with Crippen molar-refractivity contribution in [3.05, 3.63) is 60.0 Å². The van der Waals surface area contributed by atoms with Crippen LogP contribution < -0.4 is 9.64 Å². The molecule has 1 saturated heterocycles. The molecule has 6 heteroatoms. The van der Waals surface area contributed by atoms with Gasteiger partial charge in [-0.05, 0) is 47.9 Å². The van der Waals surface area contributed by atoms with E-state index in [-0.39, 0.29) is 11.8 Å². The minimum absolute atomic E-state index is 0.0755. The topological polar surface area (TPSA) is 68.5 Å². The SMILES string of the molecule is COc1ccc(-c2noc([C@H]3CC(=O)N(c4ccc(C(C)C)cc4)C3)n2)cc1. The summed E-state index contributed by atoms with van der Waals surface area (Å²) in [5, 5.41) is 4.08. The summed E-state index contributed by atoms with van der Waals surface area (Å²) < 4.78 is 10.6. The molecule has 4 rings (SSSR count). The van der Waals surface area contributed by atoms with E-state index in [1.165, 1.54) is 5.56 Å². The first-order valence-corrected chi connectivity index (χ1v) is 9.43. The number of ether oxygens (including phenoxy) is 1. The average molecular weight is 377 g/mol. The maximum absolute atomic E-state index is 12.5. The van der Waals surface area contributed by atoms with Gasteiger partial charge in [-0.15, -0.1) is 0 Å². The zero-order chi connectivity index (χ0) is 19.7. The molecular formula is C22H23N3O3. The summed E-state index contributed by atoms with van der Waals surface area (Å²) in [6.07, 6.45) is 0.371. The summed E-state index contributed by atoms with van der Waals surface area (Å²) in [7, 11) is 1.63. The fourth-order valence-corrected chi connectivity index (χ4v) is 3.42. The van der Waals surface area contributed by atoms with E-state index in [1.807, 2.05) is 36.4 Å². The van der Waals surface area contributed by atoms with Crippen LogP contribution in [0.2, 0.25) is 0 Å². The third-order valence-corrected chi connectivity index (χ3v) is 5.14. The highest BCUT2D eigenvalue weighted by atomic mass is 16.5. The molecule has 6 nitrogen and oxygen atoms in total. The number of methoxy groups -OCH3 is 1. The molecule has 2 heterocycles. The van der Waals surface area contributed by atoms with Crippen LogP contribution in [0.15, 0.2) is 53.1 Å². The Morgan fingerprint density at radius 1 is 1.11 bits per heavy atom.